The van der Waals surface area contributed by atoms with Gasteiger partial charge in [0.05, 0.1) is 6.61 Å². The molecule has 0 bridgehead atoms. The first kappa shape index (κ1) is 18.0. The maximum atomic E-state index is 5.99. The number of hydrogen-bond acceptors (Lipinski definition) is 3. The van der Waals surface area contributed by atoms with Crippen LogP contribution in [-0.4, -0.2) is 31.1 Å². The fraction of sp³-hybridized carbons (Fsp3) is 0.364. The van der Waals surface area contributed by atoms with E-state index in [0.29, 0.717) is 0 Å². The van der Waals surface area contributed by atoms with E-state index in [-0.39, 0.29) is 0 Å². The van der Waals surface area contributed by atoms with E-state index < -0.39 is 0 Å². The number of fused-ring (bicyclic) bond motifs is 1. The number of ether oxygens (including phenoxy) is 1. The zero-order chi connectivity index (χ0) is 17.8. The fourth-order valence-electron chi connectivity index (χ4n) is 3.59. The maximum Gasteiger partial charge on any atom is 0.120 e. The van der Waals surface area contributed by atoms with Crippen LogP contribution >= 0.6 is 27.3 Å². The van der Waals surface area contributed by atoms with E-state index in [1.807, 2.05) is 0 Å². The third-order valence-electron chi connectivity index (χ3n) is 5.04. The molecule has 0 radical (unpaired) electrons. The van der Waals surface area contributed by atoms with Crippen molar-refractivity contribution < 1.29 is 4.74 Å². The van der Waals surface area contributed by atoms with Gasteiger partial charge < -0.3 is 9.64 Å². The van der Waals surface area contributed by atoms with Gasteiger partial charge in [-0.3, -0.25) is 0 Å². The van der Waals surface area contributed by atoms with Crippen LogP contribution in [-0.2, 0) is 0 Å². The standard InChI is InChI=1S/C22H24BrNOS/c23-18-7-5-17(6-8-18)21-16-26-22-15-19(9-10-20(21)22)25-14-4-3-13-24-11-1-2-12-24/h5-10,15-16H,1-4,11-14H2. The third-order valence-corrected chi connectivity index (χ3v) is 6.51. The first-order chi connectivity index (χ1) is 12.8. The molecule has 136 valence electrons. The highest BCUT2D eigenvalue weighted by Gasteiger charge is 2.10. The number of unbranched alkanes of at least 4 members (excludes halogenated alkanes) is 1. The summed E-state index contributed by atoms with van der Waals surface area (Å²) in [4.78, 5) is 2.57. The molecular weight excluding hydrogens is 406 g/mol. The van der Waals surface area contributed by atoms with E-state index in [2.05, 4.69) is 68.7 Å². The minimum absolute atomic E-state index is 0.810. The zero-order valence-electron chi connectivity index (χ0n) is 14.9. The smallest absolute Gasteiger partial charge is 0.120 e. The Hall–Kier alpha value is -1.36. The Morgan fingerprint density at radius 2 is 1.81 bits per heavy atom. The largest absolute Gasteiger partial charge is 0.494 e. The van der Waals surface area contributed by atoms with Crippen LogP contribution < -0.4 is 4.74 Å². The molecule has 0 amide bonds. The molecule has 0 unspecified atom stereocenters. The van der Waals surface area contributed by atoms with Crippen LogP contribution in [0.1, 0.15) is 25.7 Å². The number of likely N-dealkylation sites (tertiary alicyclic amines) is 1. The van der Waals surface area contributed by atoms with Crippen molar-refractivity contribution in [2.75, 3.05) is 26.2 Å². The SMILES string of the molecule is Brc1ccc(-c2csc3cc(OCCCCN4CCCC4)ccc23)cc1. The minimum atomic E-state index is 0.810. The van der Waals surface area contributed by atoms with Crippen molar-refractivity contribution >= 4 is 37.4 Å². The highest BCUT2D eigenvalue weighted by molar-refractivity contribution is 9.10. The van der Waals surface area contributed by atoms with E-state index >= 15 is 0 Å². The molecule has 0 saturated carbocycles. The molecule has 4 heteroatoms. The summed E-state index contributed by atoms with van der Waals surface area (Å²) in [5.74, 6) is 0.989. The molecule has 26 heavy (non-hydrogen) atoms. The topological polar surface area (TPSA) is 12.5 Å². The highest BCUT2D eigenvalue weighted by Crippen LogP contribution is 2.36. The Bertz CT molecular complexity index is 852. The normalized spacial score (nSPS) is 15.0. The second-order valence-electron chi connectivity index (χ2n) is 6.92. The van der Waals surface area contributed by atoms with Crippen LogP contribution in [0.15, 0.2) is 52.3 Å². The molecule has 0 N–H and O–H groups in total. The van der Waals surface area contributed by atoms with E-state index in [4.69, 9.17) is 4.74 Å². The van der Waals surface area contributed by atoms with Crippen LogP contribution in [0.5, 0.6) is 5.75 Å². The van der Waals surface area contributed by atoms with Gasteiger partial charge in [-0.15, -0.1) is 11.3 Å². The van der Waals surface area contributed by atoms with Crippen molar-refractivity contribution in [1.82, 2.24) is 4.90 Å². The van der Waals surface area contributed by atoms with Gasteiger partial charge in [-0.2, -0.15) is 0 Å². The number of hydrogen-bond donors (Lipinski definition) is 0. The molecular formula is C22H24BrNOS. The van der Waals surface area contributed by atoms with E-state index in [1.165, 1.54) is 60.1 Å². The molecule has 1 aliphatic heterocycles. The molecule has 4 rings (SSSR count). The zero-order valence-corrected chi connectivity index (χ0v) is 17.3. The van der Waals surface area contributed by atoms with Crippen LogP contribution in [0.2, 0.25) is 0 Å². The molecule has 1 saturated heterocycles. The Morgan fingerprint density at radius 3 is 2.62 bits per heavy atom. The van der Waals surface area contributed by atoms with E-state index in [1.54, 1.807) is 11.3 Å². The molecule has 1 aromatic heterocycles. The van der Waals surface area contributed by atoms with Gasteiger partial charge in [-0.1, -0.05) is 28.1 Å². The van der Waals surface area contributed by atoms with Crippen molar-refractivity contribution in [2.45, 2.75) is 25.7 Å². The van der Waals surface area contributed by atoms with Crippen molar-refractivity contribution in [1.29, 1.82) is 0 Å². The molecule has 1 aliphatic rings. The molecule has 0 aliphatic carbocycles. The predicted octanol–water partition coefficient (Wildman–Crippen LogP) is 6.59. The van der Waals surface area contributed by atoms with Gasteiger partial charge in [-0.25, -0.2) is 0 Å². The van der Waals surface area contributed by atoms with Crippen LogP contribution in [0.25, 0.3) is 21.2 Å². The van der Waals surface area contributed by atoms with Crippen LogP contribution in [0, 0.1) is 0 Å². The molecule has 2 nitrogen and oxygen atoms in total. The summed E-state index contributed by atoms with van der Waals surface area (Å²) in [6.45, 7) is 4.61. The van der Waals surface area contributed by atoms with E-state index in [0.717, 1.165) is 23.2 Å². The van der Waals surface area contributed by atoms with Crippen molar-refractivity contribution in [3.05, 3.63) is 52.3 Å². The lowest BCUT2D eigenvalue weighted by Crippen LogP contribution is -2.20. The first-order valence-corrected chi connectivity index (χ1v) is 11.1. The summed E-state index contributed by atoms with van der Waals surface area (Å²) in [7, 11) is 0. The lowest BCUT2D eigenvalue weighted by molar-refractivity contribution is 0.280. The molecule has 1 fully saturated rings. The van der Waals surface area contributed by atoms with Crippen molar-refractivity contribution in [2.24, 2.45) is 0 Å². The molecule has 0 spiro atoms. The fourth-order valence-corrected chi connectivity index (χ4v) is 4.85. The summed E-state index contributed by atoms with van der Waals surface area (Å²) >= 11 is 5.29. The van der Waals surface area contributed by atoms with Gasteiger partial charge in [0, 0.05) is 20.1 Å². The third kappa shape index (κ3) is 4.30. The first-order valence-electron chi connectivity index (χ1n) is 9.42. The van der Waals surface area contributed by atoms with Gasteiger partial charge in [0.15, 0.2) is 0 Å². The second-order valence-corrected chi connectivity index (χ2v) is 8.75. The Labute approximate surface area is 167 Å². The van der Waals surface area contributed by atoms with Crippen LogP contribution in [0.4, 0.5) is 0 Å². The average molecular weight is 430 g/mol. The molecule has 0 atom stereocenters. The lowest BCUT2D eigenvalue weighted by atomic mass is 10.1. The number of benzene rings is 2. The quantitative estimate of drug-likeness (QED) is 0.392. The lowest BCUT2D eigenvalue weighted by Gasteiger charge is -2.14. The number of nitrogens with zero attached hydrogens (tertiary/aromatic N) is 1. The monoisotopic (exact) mass is 429 g/mol. The summed E-state index contributed by atoms with van der Waals surface area (Å²) in [6.07, 6.45) is 5.11. The summed E-state index contributed by atoms with van der Waals surface area (Å²) in [6, 6.07) is 15.0. The number of rotatable bonds is 7. The predicted molar refractivity (Wildman–Crippen MR) is 115 cm³/mol. The maximum absolute atomic E-state index is 5.99. The number of halogens is 1. The Kier molecular flexibility index (Phi) is 5.93. The van der Waals surface area contributed by atoms with Gasteiger partial charge in [0.2, 0.25) is 0 Å². The van der Waals surface area contributed by atoms with Crippen molar-refractivity contribution in [3.8, 4) is 16.9 Å². The average Bonchev–Trinajstić information content (AvgIpc) is 3.31. The van der Waals surface area contributed by atoms with Gasteiger partial charge >= 0.3 is 0 Å². The summed E-state index contributed by atoms with van der Waals surface area (Å²) < 4.78 is 8.39. The van der Waals surface area contributed by atoms with Crippen molar-refractivity contribution in [3.63, 3.8) is 0 Å². The Morgan fingerprint density at radius 1 is 1.00 bits per heavy atom. The molecule has 2 heterocycles. The van der Waals surface area contributed by atoms with Gasteiger partial charge in [0.1, 0.15) is 5.75 Å². The van der Waals surface area contributed by atoms with Gasteiger partial charge in [-0.05, 0) is 86.6 Å². The second kappa shape index (κ2) is 8.55. The summed E-state index contributed by atoms with van der Waals surface area (Å²) in [5.41, 5.74) is 2.56. The highest BCUT2D eigenvalue weighted by atomic mass is 79.9. The van der Waals surface area contributed by atoms with Gasteiger partial charge in [0.25, 0.3) is 0 Å². The van der Waals surface area contributed by atoms with Crippen LogP contribution in [0.3, 0.4) is 0 Å². The molecule has 3 aromatic rings. The Balaban J connectivity index is 1.35. The molecule has 2 aromatic carbocycles. The number of thiophene rings is 1. The summed E-state index contributed by atoms with van der Waals surface area (Å²) in [5, 5.41) is 3.55. The minimum Gasteiger partial charge on any atom is -0.494 e. The van der Waals surface area contributed by atoms with E-state index in [9.17, 15) is 0 Å².